The van der Waals surface area contributed by atoms with E-state index in [1.165, 1.54) is 24.1 Å². The molecule has 1 N–H and O–H groups in total. The van der Waals surface area contributed by atoms with Gasteiger partial charge in [-0.05, 0) is 82.5 Å². The molecule has 3 aromatic rings. The Hall–Kier alpha value is -3.56. The number of anilines is 1. The summed E-state index contributed by atoms with van der Waals surface area (Å²) in [6.07, 6.45) is 0.302. The zero-order valence-corrected chi connectivity index (χ0v) is 26.8. The molecule has 0 aliphatic heterocycles. The molecule has 0 saturated carbocycles. The summed E-state index contributed by atoms with van der Waals surface area (Å²) in [5, 5.41) is 3.40. The lowest BCUT2D eigenvalue weighted by atomic mass is 10.1. The fourth-order valence-corrected chi connectivity index (χ4v) is 6.14. The van der Waals surface area contributed by atoms with Gasteiger partial charge in [0.05, 0.1) is 17.7 Å². The minimum Gasteiger partial charge on any atom is -0.495 e. The second kappa shape index (κ2) is 13.6. The third kappa shape index (κ3) is 8.04. The zero-order chi connectivity index (χ0) is 31.2. The molecule has 0 heterocycles. The van der Waals surface area contributed by atoms with Gasteiger partial charge in [0.25, 0.3) is 10.0 Å². The lowest BCUT2D eigenvalue weighted by Gasteiger charge is -2.35. The van der Waals surface area contributed by atoms with Crippen LogP contribution in [0.1, 0.15) is 50.8 Å². The minimum atomic E-state index is -4.23. The molecular weight excluding hydrogens is 574 g/mol. The number of sulfonamides is 1. The molecule has 8 nitrogen and oxygen atoms in total. The number of nitrogens with zero attached hydrogens (tertiary/aromatic N) is 2. The monoisotopic (exact) mass is 613 g/mol. The maximum Gasteiger partial charge on any atom is 0.264 e. The highest BCUT2D eigenvalue weighted by atomic mass is 35.5. The minimum absolute atomic E-state index is 0.0119. The maximum atomic E-state index is 14.3. The number of hydrogen-bond acceptors (Lipinski definition) is 5. The highest BCUT2D eigenvalue weighted by Crippen LogP contribution is 2.34. The van der Waals surface area contributed by atoms with Crippen molar-refractivity contribution in [3.63, 3.8) is 0 Å². The summed E-state index contributed by atoms with van der Waals surface area (Å²) in [6.45, 7) is 10.5. The number of carbonyl (C=O) groups excluding carboxylic acids is 2. The van der Waals surface area contributed by atoms with Crippen LogP contribution in [0.5, 0.6) is 5.75 Å². The molecule has 2 amide bonds. The van der Waals surface area contributed by atoms with Crippen molar-refractivity contribution in [2.45, 2.75) is 71.0 Å². The summed E-state index contributed by atoms with van der Waals surface area (Å²) < 4.78 is 34.9. The predicted molar refractivity (Wildman–Crippen MR) is 167 cm³/mol. The first-order chi connectivity index (χ1) is 19.7. The van der Waals surface area contributed by atoms with E-state index in [0.717, 1.165) is 15.4 Å². The highest BCUT2D eigenvalue weighted by molar-refractivity contribution is 7.92. The third-order valence-electron chi connectivity index (χ3n) is 6.67. The van der Waals surface area contributed by atoms with E-state index in [2.05, 4.69) is 5.32 Å². The van der Waals surface area contributed by atoms with E-state index < -0.39 is 34.1 Å². The van der Waals surface area contributed by atoms with Gasteiger partial charge in [-0.25, -0.2) is 8.42 Å². The van der Waals surface area contributed by atoms with Crippen molar-refractivity contribution in [1.29, 1.82) is 0 Å². The summed E-state index contributed by atoms with van der Waals surface area (Å²) in [4.78, 5) is 29.2. The summed E-state index contributed by atoms with van der Waals surface area (Å²) in [5.41, 5.74) is 1.99. The smallest absolute Gasteiger partial charge is 0.264 e. The molecule has 0 spiro atoms. The van der Waals surface area contributed by atoms with Crippen LogP contribution in [0.3, 0.4) is 0 Å². The van der Waals surface area contributed by atoms with Gasteiger partial charge in [-0.1, -0.05) is 60.5 Å². The van der Waals surface area contributed by atoms with Crippen molar-refractivity contribution in [2.75, 3.05) is 18.0 Å². The number of nitrogens with one attached hydrogen (secondary N) is 1. The number of benzene rings is 3. The van der Waals surface area contributed by atoms with Gasteiger partial charge in [-0.15, -0.1) is 0 Å². The van der Waals surface area contributed by atoms with Crippen molar-refractivity contribution >= 4 is 39.1 Å². The quantitative estimate of drug-likeness (QED) is 0.291. The van der Waals surface area contributed by atoms with Gasteiger partial charge < -0.3 is 15.0 Å². The average molecular weight is 614 g/mol. The Balaban J connectivity index is 2.15. The Kier molecular flexibility index (Phi) is 10.7. The van der Waals surface area contributed by atoms with E-state index in [0.29, 0.717) is 22.8 Å². The van der Waals surface area contributed by atoms with Crippen LogP contribution in [-0.2, 0) is 26.2 Å². The Labute approximate surface area is 254 Å². The molecule has 1 atom stereocenters. The van der Waals surface area contributed by atoms with Crippen LogP contribution in [0, 0.1) is 13.8 Å². The number of ether oxygens (including phenoxy) is 1. The summed E-state index contributed by atoms with van der Waals surface area (Å²) in [5.74, 6) is -0.615. The molecule has 0 aromatic heterocycles. The summed E-state index contributed by atoms with van der Waals surface area (Å²) >= 11 is 6.47. The second-order valence-electron chi connectivity index (χ2n) is 11.3. The van der Waals surface area contributed by atoms with Crippen LogP contribution >= 0.6 is 11.6 Å². The van der Waals surface area contributed by atoms with Crippen LogP contribution < -0.4 is 14.4 Å². The number of amides is 2. The van der Waals surface area contributed by atoms with Crippen LogP contribution in [0.15, 0.2) is 71.6 Å². The Morgan fingerprint density at radius 2 is 1.60 bits per heavy atom. The van der Waals surface area contributed by atoms with Gasteiger partial charge in [-0.3, -0.25) is 13.9 Å². The molecule has 0 saturated heterocycles. The SMILES string of the molecule is CC[C@@H](C(=O)NC(C)(C)C)N(Cc1ccccc1Cl)C(=O)CN(c1cc(C)ccc1OC)S(=O)(=O)c1ccc(C)cc1. The molecule has 226 valence electrons. The average Bonchev–Trinajstić information content (AvgIpc) is 2.91. The highest BCUT2D eigenvalue weighted by Gasteiger charge is 2.35. The van der Waals surface area contributed by atoms with Gasteiger partial charge >= 0.3 is 0 Å². The molecule has 0 aliphatic carbocycles. The van der Waals surface area contributed by atoms with E-state index in [4.69, 9.17) is 16.3 Å². The van der Waals surface area contributed by atoms with Crippen molar-refractivity contribution in [1.82, 2.24) is 10.2 Å². The Bertz CT molecular complexity index is 1520. The van der Waals surface area contributed by atoms with E-state index in [-0.39, 0.29) is 23.0 Å². The molecule has 0 aliphatic rings. The van der Waals surface area contributed by atoms with E-state index in [1.807, 2.05) is 41.5 Å². The Morgan fingerprint density at radius 3 is 2.17 bits per heavy atom. The first kappa shape index (κ1) is 32.9. The number of hydrogen-bond donors (Lipinski definition) is 1. The van der Waals surface area contributed by atoms with E-state index in [9.17, 15) is 18.0 Å². The molecule has 3 rings (SSSR count). The maximum absolute atomic E-state index is 14.3. The van der Waals surface area contributed by atoms with Crippen LogP contribution in [0.25, 0.3) is 0 Å². The standard InChI is InChI=1S/C32H40ClN3O5S/c1-8-27(31(38)34-32(4,5)6)35(20-24-11-9-10-12-26(24)33)30(37)21-36(28-19-23(3)15-18-29(28)41-7)42(39,40)25-16-13-22(2)14-17-25/h9-19,27H,8,20-21H2,1-7H3,(H,34,38)/t27-/m0/s1. The van der Waals surface area contributed by atoms with Crippen LogP contribution in [0.2, 0.25) is 5.02 Å². The van der Waals surface area contributed by atoms with E-state index >= 15 is 0 Å². The lowest BCUT2D eigenvalue weighted by Crippen LogP contribution is -2.55. The van der Waals surface area contributed by atoms with Gasteiger partial charge in [0, 0.05) is 17.1 Å². The predicted octanol–water partition coefficient (Wildman–Crippen LogP) is 5.88. The topological polar surface area (TPSA) is 96.0 Å². The van der Waals surface area contributed by atoms with Crippen molar-refractivity contribution < 1.29 is 22.7 Å². The van der Waals surface area contributed by atoms with Gasteiger partial charge in [0.1, 0.15) is 18.3 Å². The molecule has 0 radical (unpaired) electrons. The van der Waals surface area contributed by atoms with Gasteiger partial charge in [0.2, 0.25) is 11.8 Å². The molecule has 0 fully saturated rings. The van der Waals surface area contributed by atoms with E-state index in [1.54, 1.807) is 54.6 Å². The molecule has 0 unspecified atom stereocenters. The molecule has 42 heavy (non-hydrogen) atoms. The zero-order valence-electron chi connectivity index (χ0n) is 25.3. The molecular formula is C32H40ClN3O5S. The normalized spacial score (nSPS) is 12.4. The fourth-order valence-electron chi connectivity index (χ4n) is 4.53. The van der Waals surface area contributed by atoms with Gasteiger partial charge in [-0.2, -0.15) is 0 Å². The number of halogens is 1. The fraction of sp³-hybridized carbons (Fsp3) is 0.375. The lowest BCUT2D eigenvalue weighted by molar-refractivity contribution is -0.141. The third-order valence-corrected chi connectivity index (χ3v) is 8.82. The molecule has 3 aromatic carbocycles. The largest absolute Gasteiger partial charge is 0.495 e. The number of rotatable bonds is 11. The Morgan fingerprint density at radius 1 is 0.976 bits per heavy atom. The van der Waals surface area contributed by atoms with Gasteiger partial charge in [0.15, 0.2) is 0 Å². The first-order valence-corrected chi connectivity index (χ1v) is 15.6. The van der Waals surface area contributed by atoms with Crippen LogP contribution in [0.4, 0.5) is 5.69 Å². The second-order valence-corrected chi connectivity index (χ2v) is 13.5. The van der Waals surface area contributed by atoms with Crippen molar-refractivity contribution in [2.24, 2.45) is 0 Å². The van der Waals surface area contributed by atoms with Crippen molar-refractivity contribution in [3.8, 4) is 5.75 Å². The molecule has 10 heteroatoms. The number of carbonyl (C=O) groups is 2. The molecule has 0 bridgehead atoms. The number of methoxy groups -OCH3 is 1. The summed E-state index contributed by atoms with van der Waals surface area (Å²) in [7, 11) is -2.79. The first-order valence-electron chi connectivity index (χ1n) is 13.8. The van der Waals surface area contributed by atoms with Crippen LogP contribution in [-0.4, -0.2) is 50.4 Å². The number of aryl methyl sites for hydroxylation is 2. The van der Waals surface area contributed by atoms with Crippen molar-refractivity contribution in [3.05, 3.63) is 88.4 Å². The summed E-state index contributed by atoms with van der Waals surface area (Å²) in [6, 6.07) is 17.7.